The van der Waals surface area contributed by atoms with Gasteiger partial charge < -0.3 is 9.47 Å². The first-order chi connectivity index (χ1) is 15.5. The number of carbonyl (C=O) groups is 1. The Kier molecular flexibility index (Phi) is 6.21. The lowest BCUT2D eigenvalue weighted by Gasteiger charge is -2.15. The molecule has 1 N–H and O–H groups in total. The molecule has 0 aliphatic carbocycles. The Balaban J connectivity index is 1.52. The summed E-state index contributed by atoms with van der Waals surface area (Å²) in [7, 11) is 0. The minimum atomic E-state index is -0.340. The first-order valence-electron chi connectivity index (χ1n) is 10.2. The first-order valence-corrected chi connectivity index (χ1v) is 10.2. The number of aryl methyl sites for hydroxylation is 2. The van der Waals surface area contributed by atoms with Gasteiger partial charge >= 0.3 is 5.97 Å². The van der Waals surface area contributed by atoms with Crippen molar-refractivity contribution in [2.24, 2.45) is 0 Å². The van der Waals surface area contributed by atoms with Crippen LogP contribution in [0.2, 0.25) is 0 Å². The summed E-state index contributed by atoms with van der Waals surface area (Å²) in [6.45, 7) is 5.69. The summed E-state index contributed by atoms with van der Waals surface area (Å²) in [5, 5.41) is 14.2. The molecule has 2 aromatic carbocycles. The van der Waals surface area contributed by atoms with E-state index in [4.69, 9.17) is 9.47 Å². The fraction of sp³-hybridized carbons (Fsp3) is 0.208. The molecule has 0 spiro atoms. The monoisotopic (exact) mass is 429 g/mol. The van der Waals surface area contributed by atoms with E-state index in [0.29, 0.717) is 18.2 Å². The molecular formula is C24H23N5O3. The summed E-state index contributed by atoms with van der Waals surface area (Å²) in [4.78, 5) is 15.7. The molecule has 0 radical (unpaired) electrons. The smallest absolute Gasteiger partial charge is 0.302 e. The number of ether oxygens (including phenoxy) is 2. The topological polar surface area (TPSA) is 103 Å². The molecule has 0 aliphatic heterocycles. The number of nitrogens with zero attached hydrogens (tertiary/aromatic N) is 4. The van der Waals surface area contributed by atoms with Crippen LogP contribution in [0.25, 0.3) is 22.5 Å². The molecule has 32 heavy (non-hydrogen) atoms. The van der Waals surface area contributed by atoms with Gasteiger partial charge in [0.15, 0.2) is 5.82 Å². The molecule has 2 heterocycles. The molecule has 4 aromatic rings. The van der Waals surface area contributed by atoms with Crippen LogP contribution in [-0.2, 0) is 22.7 Å². The molecule has 8 heteroatoms. The highest BCUT2D eigenvalue weighted by Crippen LogP contribution is 2.30. The van der Waals surface area contributed by atoms with Crippen LogP contribution < -0.4 is 4.74 Å². The van der Waals surface area contributed by atoms with Crippen LogP contribution in [0.1, 0.15) is 29.4 Å². The number of tetrazole rings is 1. The van der Waals surface area contributed by atoms with E-state index in [-0.39, 0.29) is 12.6 Å². The van der Waals surface area contributed by atoms with E-state index in [1.807, 2.05) is 68.4 Å². The first kappa shape index (κ1) is 21.2. The van der Waals surface area contributed by atoms with E-state index in [2.05, 4.69) is 25.6 Å². The Morgan fingerprint density at radius 3 is 2.44 bits per heavy atom. The van der Waals surface area contributed by atoms with Gasteiger partial charge in [0.05, 0.1) is 5.56 Å². The summed E-state index contributed by atoms with van der Waals surface area (Å²) in [6.07, 6.45) is 0. The Hall–Kier alpha value is -4.07. The van der Waals surface area contributed by atoms with E-state index >= 15 is 0 Å². The van der Waals surface area contributed by atoms with Crippen LogP contribution in [0.3, 0.4) is 0 Å². The lowest BCUT2D eigenvalue weighted by atomic mass is 9.98. The van der Waals surface area contributed by atoms with Crippen LogP contribution in [0.4, 0.5) is 0 Å². The zero-order valence-electron chi connectivity index (χ0n) is 18.1. The van der Waals surface area contributed by atoms with Gasteiger partial charge in [0, 0.05) is 29.9 Å². The third kappa shape index (κ3) is 4.80. The number of hydrogen-bond acceptors (Lipinski definition) is 7. The molecule has 0 fully saturated rings. The van der Waals surface area contributed by atoms with Crippen molar-refractivity contribution >= 4 is 5.97 Å². The molecule has 162 valence electrons. The van der Waals surface area contributed by atoms with Crippen LogP contribution in [0, 0.1) is 13.8 Å². The van der Waals surface area contributed by atoms with Crippen molar-refractivity contribution in [3.63, 3.8) is 0 Å². The van der Waals surface area contributed by atoms with Crippen molar-refractivity contribution in [3.05, 3.63) is 77.1 Å². The van der Waals surface area contributed by atoms with E-state index in [9.17, 15) is 4.79 Å². The Morgan fingerprint density at radius 2 is 1.75 bits per heavy atom. The van der Waals surface area contributed by atoms with Gasteiger partial charge in [0.1, 0.15) is 19.0 Å². The van der Waals surface area contributed by atoms with E-state index in [0.717, 1.165) is 39.2 Å². The maximum atomic E-state index is 11.2. The van der Waals surface area contributed by atoms with Crippen LogP contribution in [-0.4, -0.2) is 31.6 Å². The molecule has 2 aromatic heterocycles. The van der Waals surface area contributed by atoms with Gasteiger partial charge in [-0.1, -0.05) is 48.5 Å². The quantitative estimate of drug-likeness (QED) is 0.439. The van der Waals surface area contributed by atoms with Crippen molar-refractivity contribution in [1.82, 2.24) is 25.6 Å². The number of esters is 1. The minimum absolute atomic E-state index is 0.135. The molecule has 0 bridgehead atoms. The number of rotatable bonds is 7. The summed E-state index contributed by atoms with van der Waals surface area (Å²) in [5.41, 5.74) is 6.43. The van der Waals surface area contributed by atoms with Gasteiger partial charge in [0.2, 0.25) is 0 Å². The minimum Gasteiger partial charge on any atom is -0.488 e. The SMILES string of the molecule is CC(=O)OCc1c(OCc2ccc(-c3ccccc3-c3nnn[nH]3)cc2)cc(C)nc1C. The number of benzene rings is 2. The fourth-order valence-corrected chi connectivity index (χ4v) is 3.45. The second-order valence-electron chi connectivity index (χ2n) is 7.39. The largest absolute Gasteiger partial charge is 0.488 e. The maximum Gasteiger partial charge on any atom is 0.302 e. The summed E-state index contributed by atoms with van der Waals surface area (Å²) in [5.74, 6) is 0.952. The standard InChI is InChI=1S/C24H23N5O3/c1-15-12-23(22(16(2)25-15)14-31-17(3)30)32-13-18-8-10-19(11-9-18)20-6-4-5-7-21(20)24-26-28-29-27-24/h4-12H,13-14H2,1-3H3,(H,26,27,28,29). The number of aromatic amines is 1. The van der Waals surface area contributed by atoms with E-state index in [1.165, 1.54) is 6.92 Å². The Morgan fingerprint density at radius 1 is 1.00 bits per heavy atom. The zero-order chi connectivity index (χ0) is 22.5. The maximum absolute atomic E-state index is 11.2. The average molecular weight is 429 g/mol. The number of hydrogen-bond donors (Lipinski definition) is 1. The third-order valence-electron chi connectivity index (χ3n) is 5.02. The number of aromatic nitrogens is 5. The van der Waals surface area contributed by atoms with Gasteiger partial charge in [0.25, 0.3) is 0 Å². The van der Waals surface area contributed by atoms with Crippen LogP contribution >= 0.6 is 0 Å². The molecule has 8 nitrogen and oxygen atoms in total. The molecular weight excluding hydrogens is 406 g/mol. The lowest BCUT2D eigenvalue weighted by Crippen LogP contribution is -2.06. The Labute approximate surface area is 185 Å². The highest BCUT2D eigenvalue weighted by atomic mass is 16.5. The molecule has 0 aliphatic rings. The summed E-state index contributed by atoms with van der Waals surface area (Å²) >= 11 is 0. The second-order valence-corrected chi connectivity index (χ2v) is 7.39. The van der Waals surface area contributed by atoms with Crippen LogP contribution in [0.5, 0.6) is 5.75 Å². The van der Waals surface area contributed by atoms with Gasteiger partial charge in [-0.05, 0) is 41.0 Å². The molecule has 0 atom stereocenters. The average Bonchev–Trinajstić information content (AvgIpc) is 3.32. The van der Waals surface area contributed by atoms with Gasteiger partial charge in [-0.15, -0.1) is 5.10 Å². The zero-order valence-corrected chi connectivity index (χ0v) is 18.1. The number of nitrogens with one attached hydrogen (secondary N) is 1. The number of pyridine rings is 1. The molecule has 0 amide bonds. The van der Waals surface area contributed by atoms with Gasteiger partial charge in [-0.3, -0.25) is 9.78 Å². The normalized spacial score (nSPS) is 10.7. The van der Waals surface area contributed by atoms with Gasteiger partial charge in [-0.25, -0.2) is 5.10 Å². The molecule has 0 saturated heterocycles. The van der Waals surface area contributed by atoms with E-state index in [1.54, 1.807) is 0 Å². The molecule has 4 rings (SSSR count). The number of carbonyl (C=O) groups excluding carboxylic acids is 1. The summed E-state index contributed by atoms with van der Waals surface area (Å²) < 4.78 is 11.3. The summed E-state index contributed by atoms with van der Waals surface area (Å²) in [6, 6.07) is 18.0. The highest BCUT2D eigenvalue weighted by Gasteiger charge is 2.13. The van der Waals surface area contributed by atoms with E-state index < -0.39 is 0 Å². The number of H-pyrrole nitrogens is 1. The van der Waals surface area contributed by atoms with Crippen molar-refractivity contribution < 1.29 is 14.3 Å². The van der Waals surface area contributed by atoms with Crippen molar-refractivity contribution in [2.75, 3.05) is 0 Å². The van der Waals surface area contributed by atoms with Crippen LogP contribution in [0.15, 0.2) is 54.6 Å². The van der Waals surface area contributed by atoms with Crippen molar-refractivity contribution in [1.29, 1.82) is 0 Å². The van der Waals surface area contributed by atoms with Gasteiger partial charge in [-0.2, -0.15) is 0 Å². The predicted octanol–water partition coefficient (Wildman–Crippen LogP) is 4.19. The molecule has 0 saturated carbocycles. The Bertz CT molecular complexity index is 1220. The lowest BCUT2D eigenvalue weighted by molar-refractivity contribution is -0.142. The third-order valence-corrected chi connectivity index (χ3v) is 5.02. The second kappa shape index (κ2) is 9.38. The van der Waals surface area contributed by atoms with Crippen molar-refractivity contribution in [3.8, 4) is 28.3 Å². The highest BCUT2D eigenvalue weighted by molar-refractivity contribution is 5.80. The fourth-order valence-electron chi connectivity index (χ4n) is 3.45. The predicted molar refractivity (Wildman–Crippen MR) is 119 cm³/mol. The molecule has 0 unspecified atom stereocenters. The van der Waals surface area contributed by atoms with Crippen molar-refractivity contribution in [2.45, 2.75) is 34.0 Å².